The molecule has 0 bridgehead atoms. The van der Waals surface area contributed by atoms with E-state index in [-0.39, 0.29) is 5.69 Å². The van der Waals surface area contributed by atoms with Crippen LogP contribution in [-0.2, 0) is 6.42 Å². The van der Waals surface area contributed by atoms with Gasteiger partial charge in [0.1, 0.15) is 5.82 Å². The van der Waals surface area contributed by atoms with E-state index in [4.69, 9.17) is 23.2 Å². The van der Waals surface area contributed by atoms with Gasteiger partial charge in [-0.3, -0.25) is 4.57 Å². The van der Waals surface area contributed by atoms with E-state index < -0.39 is 5.97 Å². The number of hydrogen-bond acceptors (Lipinski definition) is 2. The zero-order valence-corrected chi connectivity index (χ0v) is 14.3. The van der Waals surface area contributed by atoms with Crippen LogP contribution in [-0.4, -0.2) is 20.6 Å². The Balaban J connectivity index is 2.35. The second kappa shape index (κ2) is 6.67. The van der Waals surface area contributed by atoms with E-state index in [1.165, 1.54) is 0 Å². The molecular weight excluding hydrogens is 347 g/mol. The smallest absolute Gasteiger partial charge is 0.356 e. The van der Waals surface area contributed by atoms with Gasteiger partial charge in [0, 0.05) is 16.3 Å². The van der Waals surface area contributed by atoms with E-state index in [1.54, 1.807) is 18.2 Å². The van der Waals surface area contributed by atoms with Crippen LogP contribution in [0.3, 0.4) is 0 Å². The normalized spacial score (nSPS) is 10.8. The lowest BCUT2D eigenvalue weighted by atomic mass is 10.2. The van der Waals surface area contributed by atoms with Crippen molar-refractivity contribution < 1.29 is 9.90 Å². The van der Waals surface area contributed by atoms with E-state index in [9.17, 15) is 9.90 Å². The minimum Gasteiger partial charge on any atom is -0.476 e. The number of rotatable bonds is 4. The number of carboxylic acids is 1. The van der Waals surface area contributed by atoms with Gasteiger partial charge in [-0.15, -0.1) is 0 Å². The first-order valence-electron chi connectivity index (χ1n) is 7.38. The van der Waals surface area contributed by atoms with E-state index in [2.05, 4.69) is 4.98 Å². The van der Waals surface area contributed by atoms with Gasteiger partial charge in [0.05, 0.1) is 10.7 Å². The van der Waals surface area contributed by atoms with Crippen molar-refractivity contribution in [2.24, 2.45) is 0 Å². The molecule has 0 aliphatic heterocycles. The second-order valence-corrected chi connectivity index (χ2v) is 6.03. The highest BCUT2D eigenvalue weighted by Gasteiger charge is 2.23. The van der Waals surface area contributed by atoms with Crippen molar-refractivity contribution in [3.8, 4) is 17.1 Å². The van der Waals surface area contributed by atoms with Gasteiger partial charge in [-0.05, 0) is 36.8 Å². The highest BCUT2D eigenvalue weighted by atomic mass is 35.5. The molecule has 0 atom stereocenters. The van der Waals surface area contributed by atoms with Gasteiger partial charge in [0.25, 0.3) is 0 Å². The van der Waals surface area contributed by atoms with Crippen molar-refractivity contribution in [1.29, 1.82) is 0 Å². The fourth-order valence-electron chi connectivity index (χ4n) is 2.66. The molecule has 3 rings (SSSR count). The fourth-order valence-corrected chi connectivity index (χ4v) is 3.15. The third kappa shape index (κ3) is 2.90. The molecule has 6 heteroatoms. The molecule has 0 fully saturated rings. The summed E-state index contributed by atoms with van der Waals surface area (Å²) in [5, 5.41) is 10.4. The molecule has 0 amide bonds. The summed E-state index contributed by atoms with van der Waals surface area (Å²) in [6, 6.07) is 14.6. The predicted octanol–water partition coefficient (Wildman–Crippen LogP) is 5.11. The zero-order chi connectivity index (χ0) is 17.3. The molecule has 1 heterocycles. The first-order valence-corrected chi connectivity index (χ1v) is 8.14. The number of para-hydroxylation sites is 1. The minimum atomic E-state index is -1.06. The third-order valence-corrected chi connectivity index (χ3v) is 4.24. The summed E-state index contributed by atoms with van der Waals surface area (Å²) >= 11 is 12.3. The number of imidazole rings is 1. The fraction of sp³-hybridized carbons (Fsp3) is 0.111. The van der Waals surface area contributed by atoms with Gasteiger partial charge < -0.3 is 5.11 Å². The number of benzene rings is 2. The standard InChI is InChI=1S/C18H14Cl2N2O2/c1-2-15-16(18(23)24)21-17(13-9-8-11(19)10-14(13)20)22(15)12-6-4-3-5-7-12/h3-10H,2H2,1H3,(H,23,24). The Bertz CT molecular complexity index is 905. The number of hydrogen-bond donors (Lipinski definition) is 1. The molecule has 0 saturated carbocycles. The van der Waals surface area contributed by atoms with Crippen molar-refractivity contribution >= 4 is 29.2 Å². The van der Waals surface area contributed by atoms with Crippen molar-refractivity contribution in [3.05, 3.63) is 70.0 Å². The van der Waals surface area contributed by atoms with Crippen LogP contribution in [0.2, 0.25) is 10.0 Å². The van der Waals surface area contributed by atoms with Crippen LogP contribution in [0.25, 0.3) is 17.1 Å². The first kappa shape index (κ1) is 16.6. The van der Waals surface area contributed by atoms with Gasteiger partial charge >= 0.3 is 5.97 Å². The average molecular weight is 361 g/mol. The van der Waals surface area contributed by atoms with Crippen LogP contribution in [0.5, 0.6) is 0 Å². The van der Waals surface area contributed by atoms with E-state index in [0.29, 0.717) is 33.5 Å². The molecule has 24 heavy (non-hydrogen) atoms. The molecule has 0 unspecified atom stereocenters. The summed E-state index contributed by atoms with van der Waals surface area (Å²) in [6.45, 7) is 1.90. The molecule has 3 aromatic rings. The molecule has 2 aromatic carbocycles. The Hall–Kier alpha value is -2.30. The number of nitrogens with zero attached hydrogens (tertiary/aromatic N) is 2. The first-order chi connectivity index (χ1) is 11.5. The average Bonchev–Trinajstić information content (AvgIpc) is 2.95. The van der Waals surface area contributed by atoms with Gasteiger partial charge in [0.2, 0.25) is 0 Å². The van der Waals surface area contributed by atoms with E-state index >= 15 is 0 Å². The molecule has 0 aliphatic rings. The monoisotopic (exact) mass is 360 g/mol. The van der Waals surface area contributed by atoms with E-state index in [1.807, 2.05) is 41.8 Å². The van der Waals surface area contributed by atoms with Crippen LogP contribution in [0.15, 0.2) is 48.5 Å². The van der Waals surface area contributed by atoms with Gasteiger partial charge in [-0.2, -0.15) is 0 Å². The van der Waals surface area contributed by atoms with Crippen LogP contribution in [0, 0.1) is 0 Å². The lowest BCUT2D eigenvalue weighted by Gasteiger charge is -2.12. The van der Waals surface area contributed by atoms with Crippen LogP contribution >= 0.6 is 23.2 Å². The van der Waals surface area contributed by atoms with Crippen molar-refractivity contribution in [1.82, 2.24) is 9.55 Å². The molecule has 0 radical (unpaired) electrons. The molecule has 1 N–H and O–H groups in total. The van der Waals surface area contributed by atoms with Gasteiger partial charge in [-0.25, -0.2) is 9.78 Å². The summed E-state index contributed by atoms with van der Waals surface area (Å²) in [4.78, 5) is 16.0. The Kier molecular flexibility index (Phi) is 4.60. The number of carbonyl (C=O) groups is 1. The number of carboxylic acid groups (broad SMARTS) is 1. The minimum absolute atomic E-state index is 0.0300. The van der Waals surface area contributed by atoms with Crippen LogP contribution < -0.4 is 0 Å². The molecule has 4 nitrogen and oxygen atoms in total. The maximum atomic E-state index is 11.6. The van der Waals surface area contributed by atoms with Crippen molar-refractivity contribution in [3.63, 3.8) is 0 Å². The molecule has 0 aliphatic carbocycles. The number of aromatic carboxylic acids is 1. The van der Waals surface area contributed by atoms with Crippen LogP contribution in [0.1, 0.15) is 23.1 Å². The maximum Gasteiger partial charge on any atom is 0.356 e. The lowest BCUT2D eigenvalue weighted by molar-refractivity contribution is 0.0690. The Labute approximate surface area is 149 Å². The lowest BCUT2D eigenvalue weighted by Crippen LogP contribution is -2.05. The molecule has 122 valence electrons. The SMILES string of the molecule is CCc1c(C(=O)O)nc(-c2ccc(Cl)cc2Cl)n1-c1ccccc1. The molecule has 0 spiro atoms. The predicted molar refractivity (Wildman–Crippen MR) is 95.4 cm³/mol. The van der Waals surface area contributed by atoms with Crippen molar-refractivity contribution in [2.75, 3.05) is 0 Å². The highest BCUT2D eigenvalue weighted by molar-refractivity contribution is 6.36. The summed E-state index contributed by atoms with van der Waals surface area (Å²) in [6.07, 6.45) is 0.523. The quantitative estimate of drug-likeness (QED) is 0.703. The molecule has 1 aromatic heterocycles. The highest BCUT2D eigenvalue weighted by Crippen LogP contribution is 2.33. The van der Waals surface area contributed by atoms with Crippen molar-refractivity contribution in [2.45, 2.75) is 13.3 Å². The molecule has 0 saturated heterocycles. The summed E-state index contributed by atoms with van der Waals surface area (Å²) in [7, 11) is 0. The molecular formula is C18H14Cl2N2O2. The zero-order valence-electron chi connectivity index (χ0n) is 12.8. The van der Waals surface area contributed by atoms with Crippen LogP contribution in [0.4, 0.5) is 0 Å². The van der Waals surface area contributed by atoms with Gasteiger partial charge in [0.15, 0.2) is 5.69 Å². The Morgan fingerprint density at radius 3 is 2.46 bits per heavy atom. The Morgan fingerprint density at radius 2 is 1.88 bits per heavy atom. The summed E-state index contributed by atoms with van der Waals surface area (Å²) < 4.78 is 1.83. The number of halogens is 2. The van der Waals surface area contributed by atoms with E-state index in [0.717, 1.165) is 5.69 Å². The maximum absolute atomic E-state index is 11.6. The number of aromatic nitrogens is 2. The largest absolute Gasteiger partial charge is 0.476 e. The topological polar surface area (TPSA) is 55.1 Å². The second-order valence-electron chi connectivity index (χ2n) is 5.18. The summed E-state index contributed by atoms with van der Waals surface area (Å²) in [5.74, 6) is -0.579. The summed E-state index contributed by atoms with van der Waals surface area (Å²) in [5.41, 5.74) is 2.11. The van der Waals surface area contributed by atoms with Gasteiger partial charge in [-0.1, -0.05) is 48.3 Å². The Morgan fingerprint density at radius 1 is 1.17 bits per heavy atom. The third-order valence-electron chi connectivity index (χ3n) is 3.70.